The Hall–Kier alpha value is -4.05. The van der Waals surface area contributed by atoms with Crippen LogP contribution in [0.2, 0.25) is 0 Å². The molecule has 6 rings (SSSR count). The molecule has 1 aliphatic carbocycles. The molecule has 1 unspecified atom stereocenters. The van der Waals surface area contributed by atoms with Crippen LogP contribution < -0.4 is 5.32 Å². The number of hydrogen-bond acceptors (Lipinski definition) is 6. The van der Waals surface area contributed by atoms with Crippen LogP contribution in [0.3, 0.4) is 0 Å². The van der Waals surface area contributed by atoms with Crippen molar-refractivity contribution in [3.63, 3.8) is 0 Å². The highest BCUT2D eigenvalue weighted by Gasteiger charge is 2.35. The summed E-state index contributed by atoms with van der Waals surface area (Å²) in [6, 6.07) is 18.0. The highest BCUT2D eigenvalue weighted by molar-refractivity contribution is 7.08. The maximum absolute atomic E-state index is 14.4. The lowest BCUT2D eigenvalue weighted by atomic mass is 9.86. The molecule has 4 aromatic rings. The number of nitriles is 1. The molecule has 0 bridgehead atoms. The van der Waals surface area contributed by atoms with Crippen LogP contribution in [-0.4, -0.2) is 35.3 Å². The monoisotopic (exact) mass is 586 g/mol. The van der Waals surface area contributed by atoms with Gasteiger partial charge >= 0.3 is 0 Å². The summed E-state index contributed by atoms with van der Waals surface area (Å²) >= 11 is 1.68. The van der Waals surface area contributed by atoms with Crippen LogP contribution in [0.5, 0.6) is 0 Å². The molecule has 43 heavy (non-hydrogen) atoms. The molecule has 1 N–H and O–H groups in total. The standard InChI is InChI=1S/C37H38N4OS/c1-3-25(2)17-30-23-43-24-31(30)21-39-36-19-34(37(42)32-8-6-7-29(32)22-41-15-4-5-16-41)33-18-28(13-14-35(33)40-36)27-11-9-26(20-38)10-12-27/h3,9-14,17-19,23-24,29,32H,1,4-8,15-16,21-22H2,2H3,(H,39,40)/b25-17-/t29-,32?/m0/s1. The molecule has 6 heteroatoms. The highest BCUT2D eigenvalue weighted by Crippen LogP contribution is 2.38. The van der Waals surface area contributed by atoms with Crippen LogP contribution in [0.1, 0.15) is 66.1 Å². The van der Waals surface area contributed by atoms with E-state index in [9.17, 15) is 10.1 Å². The van der Waals surface area contributed by atoms with Gasteiger partial charge in [0.2, 0.25) is 0 Å². The van der Waals surface area contributed by atoms with Gasteiger partial charge in [-0.25, -0.2) is 4.98 Å². The summed E-state index contributed by atoms with van der Waals surface area (Å²) in [6.45, 7) is 9.90. The average Bonchev–Trinajstić information content (AvgIpc) is 3.82. The number of carbonyl (C=O) groups excluding carboxylic acids is 1. The molecule has 1 saturated heterocycles. The maximum Gasteiger partial charge on any atom is 0.167 e. The molecule has 0 radical (unpaired) electrons. The van der Waals surface area contributed by atoms with Crippen LogP contribution in [0.15, 0.2) is 77.5 Å². The number of thiophene rings is 1. The van der Waals surface area contributed by atoms with E-state index < -0.39 is 0 Å². The Balaban J connectivity index is 1.35. The quantitative estimate of drug-likeness (QED) is 0.149. The lowest BCUT2D eigenvalue weighted by molar-refractivity contribution is 0.0875. The number of carbonyl (C=O) groups is 1. The van der Waals surface area contributed by atoms with Gasteiger partial charge in [-0.3, -0.25) is 4.79 Å². The van der Waals surface area contributed by atoms with Gasteiger partial charge in [0.25, 0.3) is 0 Å². The van der Waals surface area contributed by atoms with Crippen LogP contribution in [0, 0.1) is 23.2 Å². The first kappa shape index (κ1) is 29.0. The predicted molar refractivity (Wildman–Crippen MR) is 178 cm³/mol. The molecule has 2 aliphatic rings. The van der Waals surface area contributed by atoms with Gasteiger partial charge in [-0.15, -0.1) is 0 Å². The minimum Gasteiger partial charge on any atom is -0.366 e. The van der Waals surface area contributed by atoms with Gasteiger partial charge < -0.3 is 10.2 Å². The van der Waals surface area contributed by atoms with Gasteiger partial charge in [0.05, 0.1) is 17.1 Å². The lowest BCUT2D eigenvalue weighted by Crippen LogP contribution is -2.31. The van der Waals surface area contributed by atoms with E-state index in [4.69, 9.17) is 4.98 Å². The van der Waals surface area contributed by atoms with Crippen molar-refractivity contribution in [2.24, 2.45) is 11.8 Å². The van der Waals surface area contributed by atoms with E-state index in [-0.39, 0.29) is 11.7 Å². The zero-order valence-corrected chi connectivity index (χ0v) is 25.6. The summed E-state index contributed by atoms with van der Waals surface area (Å²) in [6.07, 6.45) is 9.73. The number of hydrogen-bond donors (Lipinski definition) is 1. The minimum atomic E-state index is 0.0353. The number of ketones is 1. The van der Waals surface area contributed by atoms with Crippen molar-refractivity contribution in [2.75, 3.05) is 25.0 Å². The van der Waals surface area contributed by atoms with E-state index in [1.807, 2.05) is 42.5 Å². The second-order valence-electron chi connectivity index (χ2n) is 11.9. The second-order valence-corrected chi connectivity index (χ2v) is 12.7. The Morgan fingerprint density at radius 3 is 2.65 bits per heavy atom. The van der Waals surface area contributed by atoms with Crippen molar-refractivity contribution in [3.8, 4) is 17.2 Å². The van der Waals surface area contributed by atoms with Crippen LogP contribution in [0.4, 0.5) is 5.82 Å². The van der Waals surface area contributed by atoms with Crippen molar-refractivity contribution in [1.29, 1.82) is 5.26 Å². The second kappa shape index (κ2) is 13.1. The van der Waals surface area contributed by atoms with Crippen molar-refractivity contribution in [1.82, 2.24) is 9.88 Å². The van der Waals surface area contributed by atoms with Crippen LogP contribution >= 0.6 is 11.3 Å². The summed E-state index contributed by atoms with van der Waals surface area (Å²) in [4.78, 5) is 22.0. The molecule has 3 heterocycles. The minimum absolute atomic E-state index is 0.0353. The number of allylic oxidation sites excluding steroid dienone is 2. The number of nitrogens with zero attached hydrogens (tertiary/aromatic N) is 3. The number of anilines is 1. The number of aromatic nitrogens is 1. The first-order chi connectivity index (χ1) is 21.0. The Bertz CT molecular complexity index is 1700. The van der Waals surface area contributed by atoms with Gasteiger partial charge in [-0.05, 0) is 115 Å². The predicted octanol–water partition coefficient (Wildman–Crippen LogP) is 8.73. The number of pyridine rings is 1. The molecule has 1 saturated carbocycles. The molecular formula is C37H38N4OS. The van der Waals surface area contributed by atoms with E-state index in [1.54, 1.807) is 11.3 Å². The number of nitrogens with one attached hydrogen (secondary N) is 1. The normalized spacial score (nSPS) is 19.0. The van der Waals surface area contributed by atoms with Crippen molar-refractivity contribution in [2.45, 2.75) is 45.6 Å². The Morgan fingerprint density at radius 2 is 1.88 bits per heavy atom. The number of benzene rings is 2. The maximum atomic E-state index is 14.4. The Labute approximate surface area is 258 Å². The Morgan fingerprint density at radius 1 is 1.09 bits per heavy atom. The topological polar surface area (TPSA) is 69.0 Å². The summed E-state index contributed by atoms with van der Waals surface area (Å²) in [5.41, 5.74) is 7.72. The smallest absolute Gasteiger partial charge is 0.167 e. The zero-order chi connectivity index (χ0) is 29.8. The van der Waals surface area contributed by atoms with E-state index in [1.165, 1.54) is 24.0 Å². The molecule has 0 spiro atoms. The van der Waals surface area contributed by atoms with Crippen LogP contribution in [-0.2, 0) is 6.54 Å². The molecule has 218 valence electrons. The van der Waals surface area contributed by atoms with E-state index in [0.717, 1.165) is 77.9 Å². The zero-order valence-electron chi connectivity index (χ0n) is 24.8. The van der Waals surface area contributed by atoms with E-state index in [2.05, 4.69) is 58.8 Å². The molecule has 5 nitrogen and oxygen atoms in total. The number of rotatable bonds is 10. The molecule has 2 aromatic carbocycles. The molecule has 2 atom stereocenters. The van der Waals surface area contributed by atoms with Crippen LogP contribution in [0.25, 0.3) is 28.1 Å². The van der Waals surface area contributed by atoms with E-state index >= 15 is 0 Å². The number of fused-ring (bicyclic) bond motifs is 1. The highest BCUT2D eigenvalue weighted by atomic mass is 32.1. The third kappa shape index (κ3) is 6.49. The van der Waals surface area contributed by atoms with Gasteiger partial charge in [-0.2, -0.15) is 16.6 Å². The summed E-state index contributed by atoms with van der Waals surface area (Å²) in [7, 11) is 0. The van der Waals surface area contributed by atoms with Gasteiger partial charge in [0, 0.05) is 30.0 Å². The van der Waals surface area contributed by atoms with Crippen molar-refractivity contribution < 1.29 is 4.79 Å². The van der Waals surface area contributed by atoms with E-state index in [0.29, 0.717) is 18.0 Å². The molecule has 1 aliphatic heterocycles. The van der Waals surface area contributed by atoms with Gasteiger partial charge in [-0.1, -0.05) is 48.9 Å². The molecule has 2 aromatic heterocycles. The largest absolute Gasteiger partial charge is 0.366 e. The summed E-state index contributed by atoms with van der Waals surface area (Å²) < 4.78 is 0. The third-order valence-electron chi connectivity index (χ3n) is 9.05. The Kier molecular flexibility index (Phi) is 8.83. The molecule has 2 fully saturated rings. The van der Waals surface area contributed by atoms with Crippen molar-refractivity contribution >= 4 is 39.9 Å². The molecule has 0 amide bonds. The SMILES string of the molecule is C=C/C(C)=C\c1cscc1CNc1cc(C(=O)C2CCC[C@H]2CN2CCCC2)c2cc(-c3ccc(C#N)cc3)ccc2n1. The third-order valence-corrected chi connectivity index (χ3v) is 9.86. The first-order valence-corrected chi connectivity index (χ1v) is 16.3. The molecular weight excluding hydrogens is 549 g/mol. The average molecular weight is 587 g/mol. The number of Topliss-reactive ketones (excluding diaryl/α,β-unsaturated/α-hetero) is 1. The lowest BCUT2D eigenvalue weighted by Gasteiger charge is -2.25. The summed E-state index contributed by atoms with van der Waals surface area (Å²) in [5, 5.41) is 18.0. The fraction of sp³-hybridized carbons (Fsp3) is 0.324. The number of likely N-dealkylation sites (tertiary alicyclic amines) is 1. The first-order valence-electron chi connectivity index (χ1n) is 15.3. The summed E-state index contributed by atoms with van der Waals surface area (Å²) in [5.74, 6) is 1.40. The van der Waals surface area contributed by atoms with Gasteiger partial charge in [0.15, 0.2) is 5.78 Å². The fourth-order valence-corrected chi connectivity index (χ4v) is 7.45. The fourth-order valence-electron chi connectivity index (χ4n) is 6.63. The van der Waals surface area contributed by atoms with Crippen molar-refractivity contribution in [3.05, 3.63) is 99.8 Å². The van der Waals surface area contributed by atoms with Gasteiger partial charge in [0.1, 0.15) is 5.82 Å².